The van der Waals surface area contributed by atoms with Crippen molar-refractivity contribution in [1.29, 1.82) is 0 Å². The van der Waals surface area contributed by atoms with Gasteiger partial charge in [0.1, 0.15) is 40.5 Å². The Bertz CT molecular complexity index is 2230. The number of nitrogens with one attached hydrogen (secondary N) is 1. The third-order valence-corrected chi connectivity index (χ3v) is 8.81. The van der Waals surface area contributed by atoms with E-state index < -0.39 is 11.9 Å². The lowest BCUT2D eigenvalue weighted by molar-refractivity contribution is -0.119. The molecule has 16 heteroatoms. The van der Waals surface area contributed by atoms with Crippen molar-refractivity contribution in [3.8, 4) is 23.0 Å². The van der Waals surface area contributed by atoms with Gasteiger partial charge in [-0.1, -0.05) is 23.2 Å². The maximum Gasteiger partial charge on any atom is 0.234 e. The first kappa shape index (κ1) is 41.1. The molecule has 4 aromatic carbocycles. The van der Waals surface area contributed by atoms with Gasteiger partial charge in [0.15, 0.2) is 12.1 Å². The van der Waals surface area contributed by atoms with Crippen LogP contribution in [0.1, 0.15) is 37.2 Å². The van der Waals surface area contributed by atoms with Gasteiger partial charge in [-0.25, -0.2) is 18.7 Å². The normalized spacial score (nSPS) is 11.7. The summed E-state index contributed by atoms with van der Waals surface area (Å²) in [5, 5.41) is 3.80. The van der Waals surface area contributed by atoms with Gasteiger partial charge in [-0.3, -0.25) is 14.9 Å². The highest BCUT2D eigenvalue weighted by molar-refractivity contribution is 6.33. The molecule has 0 unspecified atom stereocenters. The van der Waals surface area contributed by atoms with Crippen LogP contribution in [0.5, 0.6) is 23.0 Å². The average molecular weight is 798 g/mol. The summed E-state index contributed by atoms with van der Waals surface area (Å²) in [6, 6.07) is 17.7. The van der Waals surface area contributed by atoms with Gasteiger partial charge in [0.2, 0.25) is 5.91 Å². The van der Waals surface area contributed by atoms with Crippen LogP contribution in [0.3, 0.4) is 0 Å². The number of imidazole rings is 2. The molecule has 290 valence electrons. The predicted octanol–water partition coefficient (Wildman–Crippen LogP) is 8.09. The third kappa shape index (κ3) is 10.8. The second-order valence-electron chi connectivity index (χ2n) is 12.0. The van der Waals surface area contributed by atoms with E-state index in [9.17, 15) is 18.4 Å². The van der Waals surface area contributed by atoms with Crippen LogP contribution in [-0.4, -0.2) is 63.8 Å². The highest BCUT2D eigenvalue weighted by atomic mass is 35.5. The topological polar surface area (TPSA) is 145 Å². The monoisotopic (exact) mass is 796 g/mol. The molecule has 0 radical (unpaired) electrons. The summed E-state index contributed by atoms with van der Waals surface area (Å²) in [4.78, 5) is 31.6. The molecule has 1 atom stereocenters. The maximum absolute atomic E-state index is 13.2. The number of aldehydes is 1. The number of carbonyl (C=O) groups is 2. The Morgan fingerprint density at radius 3 is 1.75 bits per heavy atom. The van der Waals surface area contributed by atoms with Crippen LogP contribution in [0.4, 0.5) is 8.78 Å². The van der Waals surface area contributed by atoms with E-state index in [4.69, 9.17) is 47.9 Å². The largest absolute Gasteiger partial charge is 0.456 e. The predicted molar refractivity (Wildman–Crippen MR) is 206 cm³/mol. The van der Waals surface area contributed by atoms with Crippen LogP contribution in [0, 0.1) is 11.6 Å². The number of hydrogen-bond acceptors (Lipinski definition) is 9. The summed E-state index contributed by atoms with van der Waals surface area (Å²) in [7, 11) is 0. The lowest BCUT2D eigenvalue weighted by Gasteiger charge is -2.13. The zero-order valence-electron chi connectivity index (χ0n) is 30.4. The molecule has 0 saturated heterocycles. The molecule has 3 N–H and O–H groups in total. The SMILES string of the molecule is CCOCCn1c(C=O)nc2cc(Cl)c(Oc3ccc(F)cc3)cc21.CCOCCn1c(CN[C@@H](C)C(N)=O)nc2cc(Cl)c(Oc3ccc(F)cc3)cc21. The number of nitrogens with two attached hydrogens (primary N) is 1. The molecule has 2 heterocycles. The van der Waals surface area contributed by atoms with E-state index >= 15 is 0 Å². The van der Waals surface area contributed by atoms with Crippen molar-refractivity contribution < 1.29 is 37.3 Å². The number of amides is 1. The van der Waals surface area contributed by atoms with Gasteiger partial charge in [-0.2, -0.15) is 0 Å². The van der Waals surface area contributed by atoms with E-state index in [0.29, 0.717) is 114 Å². The van der Waals surface area contributed by atoms with Gasteiger partial charge < -0.3 is 33.8 Å². The lowest BCUT2D eigenvalue weighted by atomic mass is 10.3. The molecule has 0 bridgehead atoms. The molecule has 1 amide bonds. The number of carbonyl (C=O) groups excluding carboxylic acids is 2. The summed E-state index contributed by atoms with van der Waals surface area (Å²) < 4.78 is 52.4. The quantitative estimate of drug-likeness (QED) is 0.0691. The minimum atomic E-state index is -0.494. The molecular formula is C39H40Cl2F2N6O6. The Morgan fingerprint density at radius 2 is 1.27 bits per heavy atom. The van der Waals surface area contributed by atoms with Crippen molar-refractivity contribution in [1.82, 2.24) is 24.4 Å². The van der Waals surface area contributed by atoms with Gasteiger partial charge in [-0.15, -0.1) is 0 Å². The standard InChI is InChI=1S/C21H24ClFN4O3.C18H16ClFN2O3/c1-3-29-9-8-27-18-11-19(30-15-6-4-14(23)5-7-15)16(22)10-17(18)26-20(27)12-25-13(2)21(24)28;1-2-24-8-7-22-16-10-17(25-13-5-3-12(20)4-6-13)14(19)9-15(16)21-18(22)11-23/h4-7,10-11,13,25H,3,8-9,12H2,1-2H3,(H2,24,28);3-6,9-11H,2,7-8H2,1H3/t13-;/m0./s1. The second-order valence-corrected chi connectivity index (χ2v) is 12.8. The van der Waals surface area contributed by atoms with Crippen LogP contribution in [-0.2, 0) is 33.9 Å². The van der Waals surface area contributed by atoms with Crippen molar-refractivity contribution in [2.45, 2.75) is 46.4 Å². The van der Waals surface area contributed by atoms with Gasteiger partial charge in [-0.05, 0) is 81.4 Å². The first-order valence-electron chi connectivity index (χ1n) is 17.4. The van der Waals surface area contributed by atoms with E-state index in [1.54, 1.807) is 35.8 Å². The van der Waals surface area contributed by atoms with Crippen LogP contribution in [0.25, 0.3) is 22.1 Å². The van der Waals surface area contributed by atoms with E-state index in [0.717, 1.165) is 5.52 Å². The first-order valence-corrected chi connectivity index (χ1v) is 18.1. The van der Waals surface area contributed by atoms with Gasteiger partial charge in [0.25, 0.3) is 0 Å². The number of ether oxygens (including phenoxy) is 4. The highest BCUT2D eigenvalue weighted by Gasteiger charge is 2.18. The number of halogens is 4. The average Bonchev–Trinajstić information content (AvgIpc) is 3.68. The number of benzene rings is 4. The van der Waals surface area contributed by atoms with Crippen molar-refractivity contribution in [3.63, 3.8) is 0 Å². The number of hydrogen-bond donors (Lipinski definition) is 2. The zero-order valence-corrected chi connectivity index (χ0v) is 31.9. The van der Waals surface area contributed by atoms with E-state index in [1.165, 1.54) is 48.5 Å². The summed E-state index contributed by atoms with van der Waals surface area (Å²) in [6.45, 7) is 9.06. The van der Waals surface area contributed by atoms with E-state index in [-0.39, 0.29) is 11.6 Å². The molecule has 6 aromatic rings. The number of nitrogens with zero attached hydrogens (tertiary/aromatic N) is 4. The van der Waals surface area contributed by atoms with Gasteiger partial charge >= 0.3 is 0 Å². The Morgan fingerprint density at radius 1 is 0.800 bits per heavy atom. The minimum absolute atomic E-state index is 0.296. The number of primary amides is 1. The number of rotatable bonds is 17. The molecular weight excluding hydrogens is 757 g/mol. The summed E-state index contributed by atoms with van der Waals surface area (Å²) in [6.07, 6.45) is 0.695. The molecule has 0 spiro atoms. The Labute approximate surface area is 326 Å². The lowest BCUT2D eigenvalue weighted by Crippen LogP contribution is -2.38. The fraction of sp³-hybridized carbons (Fsp3) is 0.282. The highest BCUT2D eigenvalue weighted by Crippen LogP contribution is 2.35. The van der Waals surface area contributed by atoms with E-state index in [2.05, 4.69) is 15.3 Å². The second kappa shape index (κ2) is 19.5. The van der Waals surface area contributed by atoms with Crippen molar-refractivity contribution in [2.24, 2.45) is 5.73 Å². The fourth-order valence-electron chi connectivity index (χ4n) is 5.39. The molecule has 0 aliphatic carbocycles. The molecule has 0 fully saturated rings. The van der Waals surface area contributed by atoms with Gasteiger partial charge in [0, 0.05) is 38.4 Å². The molecule has 2 aromatic heterocycles. The fourth-order valence-corrected chi connectivity index (χ4v) is 5.78. The maximum atomic E-state index is 13.2. The Hall–Kier alpha value is -5.12. The van der Waals surface area contributed by atoms with Crippen LogP contribution in [0.15, 0.2) is 72.8 Å². The summed E-state index contributed by atoms with van der Waals surface area (Å²) in [5.41, 5.74) is 8.12. The third-order valence-electron chi connectivity index (χ3n) is 8.22. The van der Waals surface area contributed by atoms with Crippen LogP contribution >= 0.6 is 23.2 Å². The molecule has 0 saturated carbocycles. The van der Waals surface area contributed by atoms with Crippen molar-refractivity contribution in [2.75, 3.05) is 26.4 Å². The molecule has 0 aliphatic rings. The smallest absolute Gasteiger partial charge is 0.234 e. The summed E-state index contributed by atoms with van der Waals surface area (Å²) in [5.74, 6) is 1.63. The van der Waals surface area contributed by atoms with E-state index in [1.807, 2.05) is 18.4 Å². The summed E-state index contributed by atoms with van der Waals surface area (Å²) >= 11 is 12.6. The molecule has 55 heavy (non-hydrogen) atoms. The van der Waals surface area contributed by atoms with Crippen molar-refractivity contribution in [3.05, 3.63) is 106 Å². The van der Waals surface area contributed by atoms with Gasteiger partial charge in [0.05, 0.1) is 57.9 Å². The van der Waals surface area contributed by atoms with Crippen LogP contribution < -0.4 is 20.5 Å². The Kier molecular flexibility index (Phi) is 14.5. The zero-order chi connectivity index (χ0) is 39.5. The molecule has 0 aliphatic heterocycles. The first-order chi connectivity index (χ1) is 26.5. The number of aromatic nitrogens is 4. The van der Waals surface area contributed by atoms with Crippen molar-refractivity contribution >= 4 is 57.5 Å². The number of fused-ring (bicyclic) bond motifs is 2. The Balaban J connectivity index is 0.000000214. The molecule has 12 nitrogen and oxygen atoms in total. The molecule has 6 rings (SSSR count). The van der Waals surface area contributed by atoms with Crippen LogP contribution in [0.2, 0.25) is 10.0 Å². The minimum Gasteiger partial charge on any atom is -0.456 e.